The minimum atomic E-state index is -0.152. The van der Waals surface area contributed by atoms with Crippen LogP contribution in [0.2, 0.25) is 0 Å². The van der Waals surface area contributed by atoms with Crippen molar-refractivity contribution in [1.29, 1.82) is 0 Å². The maximum Gasteiger partial charge on any atom is 0.272 e. The van der Waals surface area contributed by atoms with Gasteiger partial charge >= 0.3 is 0 Å². The first-order chi connectivity index (χ1) is 9.65. The van der Waals surface area contributed by atoms with Gasteiger partial charge in [0.2, 0.25) is 0 Å². The van der Waals surface area contributed by atoms with Gasteiger partial charge in [0.25, 0.3) is 5.91 Å². The molecule has 2 aromatic heterocycles. The van der Waals surface area contributed by atoms with Gasteiger partial charge in [0.15, 0.2) is 5.69 Å². The molecular formula is C15H15N3OS. The van der Waals surface area contributed by atoms with E-state index in [-0.39, 0.29) is 11.9 Å². The fourth-order valence-electron chi connectivity index (χ4n) is 2.16. The second kappa shape index (κ2) is 5.09. The lowest BCUT2D eigenvalue weighted by molar-refractivity contribution is 0.0937. The Hall–Kier alpha value is -2.14. The van der Waals surface area contributed by atoms with E-state index >= 15 is 0 Å². The Balaban J connectivity index is 1.82. The number of fused-ring (bicyclic) bond motifs is 1. The number of benzene rings is 1. The number of hydrogen-bond donors (Lipinski definition) is 2. The number of carbonyl (C=O) groups excluding carboxylic acids is 1. The van der Waals surface area contributed by atoms with Gasteiger partial charge in [-0.25, -0.2) is 0 Å². The van der Waals surface area contributed by atoms with Gasteiger partial charge in [-0.3, -0.25) is 9.89 Å². The number of hydrogen-bond acceptors (Lipinski definition) is 3. The number of amides is 1. The normalized spacial score (nSPS) is 12.5. The SMILES string of the molecule is Cc1ccc(C(C)NC(=O)c2n[nH]c3ccccc23)s1. The van der Waals surface area contributed by atoms with Crippen molar-refractivity contribution in [3.63, 3.8) is 0 Å². The molecule has 2 N–H and O–H groups in total. The fourth-order valence-corrected chi connectivity index (χ4v) is 3.04. The highest BCUT2D eigenvalue weighted by atomic mass is 32.1. The third-order valence-corrected chi connectivity index (χ3v) is 4.40. The zero-order valence-corrected chi connectivity index (χ0v) is 12.1. The summed E-state index contributed by atoms with van der Waals surface area (Å²) < 4.78 is 0. The largest absolute Gasteiger partial charge is 0.343 e. The van der Waals surface area contributed by atoms with Crippen LogP contribution in [0.1, 0.15) is 33.2 Å². The molecule has 20 heavy (non-hydrogen) atoms. The van der Waals surface area contributed by atoms with Crippen molar-refractivity contribution in [3.05, 3.63) is 51.8 Å². The molecule has 1 unspecified atom stereocenters. The van der Waals surface area contributed by atoms with E-state index in [9.17, 15) is 4.79 Å². The van der Waals surface area contributed by atoms with Crippen molar-refractivity contribution in [2.75, 3.05) is 0 Å². The molecule has 5 heteroatoms. The summed E-state index contributed by atoms with van der Waals surface area (Å²) in [7, 11) is 0. The number of nitrogens with zero attached hydrogens (tertiary/aromatic N) is 1. The second-order valence-electron chi connectivity index (χ2n) is 4.76. The fraction of sp³-hybridized carbons (Fsp3) is 0.200. The van der Waals surface area contributed by atoms with Gasteiger partial charge in [0.05, 0.1) is 11.6 Å². The maximum atomic E-state index is 12.3. The molecule has 1 atom stereocenters. The number of aromatic nitrogens is 2. The summed E-state index contributed by atoms with van der Waals surface area (Å²) in [5.41, 5.74) is 1.32. The first-order valence-electron chi connectivity index (χ1n) is 6.45. The van der Waals surface area contributed by atoms with E-state index in [4.69, 9.17) is 0 Å². The van der Waals surface area contributed by atoms with Crippen LogP contribution in [0.15, 0.2) is 36.4 Å². The lowest BCUT2D eigenvalue weighted by Crippen LogP contribution is -2.26. The molecule has 0 aliphatic heterocycles. The zero-order chi connectivity index (χ0) is 14.1. The monoisotopic (exact) mass is 285 g/mol. The topological polar surface area (TPSA) is 57.8 Å². The quantitative estimate of drug-likeness (QED) is 0.774. The second-order valence-corrected chi connectivity index (χ2v) is 6.08. The molecule has 0 spiro atoms. The Kier molecular flexibility index (Phi) is 3.28. The van der Waals surface area contributed by atoms with Gasteiger partial charge in [-0.1, -0.05) is 18.2 Å². The first kappa shape index (κ1) is 12.9. The van der Waals surface area contributed by atoms with Crippen LogP contribution in [0.5, 0.6) is 0 Å². The van der Waals surface area contributed by atoms with Crippen LogP contribution in [0.3, 0.4) is 0 Å². The predicted octanol–water partition coefficient (Wildman–Crippen LogP) is 3.42. The van der Waals surface area contributed by atoms with Gasteiger partial charge in [0, 0.05) is 15.1 Å². The van der Waals surface area contributed by atoms with Crippen LogP contribution in [0.25, 0.3) is 10.9 Å². The minimum Gasteiger partial charge on any atom is -0.343 e. The van der Waals surface area contributed by atoms with E-state index in [0.29, 0.717) is 5.69 Å². The van der Waals surface area contributed by atoms with Crippen LogP contribution < -0.4 is 5.32 Å². The number of thiophene rings is 1. The third-order valence-electron chi connectivity index (χ3n) is 3.22. The Morgan fingerprint density at radius 2 is 2.10 bits per heavy atom. The number of rotatable bonds is 3. The summed E-state index contributed by atoms with van der Waals surface area (Å²) in [5.74, 6) is -0.152. The molecule has 0 radical (unpaired) electrons. The summed E-state index contributed by atoms with van der Waals surface area (Å²) in [4.78, 5) is 14.7. The molecule has 1 aromatic carbocycles. The molecule has 1 amide bonds. The average Bonchev–Trinajstić information content (AvgIpc) is 3.04. The number of aromatic amines is 1. The van der Waals surface area contributed by atoms with Crippen LogP contribution in [0.4, 0.5) is 0 Å². The van der Waals surface area contributed by atoms with E-state index in [0.717, 1.165) is 15.8 Å². The van der Waals surface area contributed by atoms with Crippen molar-refractivity contribution >= 4 is 28.1 Å². The smallest absolute Gasteiger partial charge is 0.272 e. The van der Waals surface area contributed by atoms with E-state index in [1.54, 1.807) is 11.3 Å². The first-order valence-corrected chi connectivity index (χ1v) is 7.27. The Bertz CT molecular complexity index is 759. The highest BCUT2D eigenvalue weighted by molar-refractivity contribution is 7.12. The molecule has 0 bridgehead atoms. The summed E-state index contributed by atoms with van der Waals surface area (Å²) in [6, 6.07) is 11.7. The van der Waals surface area contributed by atoms with Crippen molar-refractivity contribution in [3.8, 4) is 0 Å². The van der Waals surface area contributed by atoms with Gasteiger partial charge in [-0.15, -0.1) is 11.3 Å². The molecule has 0 aliphatic rings. The number of H-pyrrole nitrogens is 1. The van der Waals surface area contributed by atoms with Crippen molar-refractivity contribution in [2.24, 2.45) is 0 Å². The molecule has 0 fully saturated rings. The van der Waals surface area contributed by atoms with Gasteiger partial charge in [-0.2, -0.15) is 5.10 Å². The molecule has 102 valence electrons. The molecule has 0 saturated carbocycles. The average molecular weight is 285 g/mol. The lowest BCUT2D eigenvalue weighted by atomic mass is 10.2. The summed E-state index contributed by atoms with van der Waals surface area (Å²) in [5, 5.41) is 10.8. The number of carbonyl (C=O) groups is 1. The molecule has 0 saturated heterocycles. The number of nitrogens with one attached hydrogen (secondary N) is 2. The van der Waals surface area contributed by atoms with E-state index in [2.05, 4.69) is 28.5 Å². The highest BCUT2D eigenvalue weighted by Crippen LogP contribution is 2.23. The third kappa shape index (κ3) is 2.32. The van der Waals surface area contributed by atoms with Crippen LogP contribution in [0, 0.1) is 6.92 Å². The van der Waals surface area contributed by atoms with Crippen LogP contribution >= 0.6 is 11.3 Å². The molecule has 2 heterocycles. The van der Waals surface area contributed by atoms with E-state index in [1.807, 2.05) is 37.3 Å². The summed E-state index contributed by atoms with van der Waals surface area (Å²) in [6.07, 6.45) is 0. The van der Waals surface area contributed by atoms with Gasteiger partial charge < -0.3 is 5.32 Å². The summed E-state index contributed by atoms with van der Waals surface area (Å²) >= 11 is 1.70. The molecule has 0 aliphatic carbocycles. The highest BCUT2D eigenvalue weighted by Gasteiger charge is 2.17. The molecule has 3 aromatic rings. The minimum absolute atomic E-state index is 0.0170. The molecule has 3 rings (SSSR count). The predicted molar refractivity (Wildman–Crippen MR) is 81.0 cm³/mol. The Morgan fingerprint density at radius 1 is 1.30 bits per heavy atom. The molecule has 4 nitrogen and oxygen atoms in total. The van der Waals surface area contributed by atoms with Gasteiger partial charge in [-0.05, 0) is 32.0 Å². The zero-order valence-electron chi connectivity index (χ0n) is 11.3. The maximum absolute atomic E-state index is 12.3. The Morgan fingerprint density at radius 3 is 2.85 bits per heavy atom. The van der Waals surface area contributed by atoms with Crippen molar-refractivity contribution in [1.82, 2.24) is 15.5 Å². The Labute approximate surface area is 120 Å². The van der Waals surface area contributed by atoms with Crippen LogP contribution in [-0.2, 0) is 0 Å². The molecular weight excluding hydrogens is 270 g/mol. The van der Waals surface area contributed by atoms with Crippen molar-refractivity contribution in [2.45, 2.75) is 19.9 Å². The number of para-hydroxylation sites is 1. The standard InChI is InChI=1S/C15H15N3OS/c1-9-7-8-13(20-9)10(2)16-15(19)14-11-5-3-4-6-12(11)17-18-14/h3-8,10H,1-2H3,(H,16,19)(H,17,18). The van der Waals surface area contributed by atoms with Crippen LogP contribution in [-0.4, -0.2) is 16.1 Å². The number of aryl methyl sites for hydroxylation is 1. The summed E-state index contributed by atoms with van der Waals surface area (Å²) in [6.45, 7) is 4.04. The van der Waals surface area contributed by atoms with Gasteiger partial charge in [0.1, 0.15) is 0 Å². The lowest BCUT2D eigenvalue weighted by Gasteiger charge is -2.11. The van der Waals surface area contributed by atoms with Crippen molar-refractivity contribution < 1.29 is 4.79 Å². The van der Waals surface area contributed by atoms with E-state index < -0.39 is 0 Å². The van der Waals surface area contributed by atoms with E-state index in [1.165, 1.54) is 4.88 Å².